The number of nitrogens with one attached hydrogen (secondary N) is 2. The van der Waals surface area contributed by atoms with Crippen LogP contribution in [0.5, 0.6) is 11.5 Å². The van der Waals surface area contributed by atoms with Gasteiger partial charge in [0.05, 0.1) is 11.6 Å². The van der Waals surface area contributed by atoms with E-state index >= 15 is 0 Å². The van der Waals surface area contributed by atoms with E-state index in [9.17, 15) is 13.2 Å². The Balaban J connectivity index is 1.45. The first kappa shape index (κ1) is 22.0. The topological polar surface area (TPSA) is 93.7 Å². The van der Waals surface area contributed by atoms with Gasteiger partial charge in [0.15, 0.2) is 11.5 Å². The Morgan fingerprint density at radius 1 is 1.06 bits per heavy atom. The number of halogens is 1. The lowest BCUT2D eigenvalue weighted by atomic mass is 10.2. The fourth-order valence-electron chi connectivity index (χ4n) is 3.24. The molecule has 4 rings (SSSR count). The molecule has 0 saturated heterocycles. The van der Waals surface area contributed by atoms with Crippen molar-refractivity contribution in [2.45, 2.75) is 17.9 Å². The Bertz CT molecular complexity index is 1260. The minimum atomic E-state index is -3.99. The van der Waals surface area contributed by atoms with Crippen LogP contribution in [-0.2, 0) is 10.0 Å². The van der Waals surface area contributed by atoms with Crippen LogP contribution in [0, 0.1) is 6.92 Å². The maximum absolute atomic E-state index is 12.9. The standard InChI is InChI=1S/C23H21ClN2O5S/c1-15-5-4-6-17(11-15)26-32(28,29)22-12-16(9-10-19(22)24)23(27)25-13-18-14-30-20-7-2-3-8-21(20)31-18/h2-12,18,26H,13-14H2,1H3,(H,25,27)/t18-/m1/s1. The summed E-state index contributed by atoms with van der Waals surface area (Å²) in [5.41, 5.74) is 1.47. The van der Waals surface area contributed by atoms with E-state index in [0.29, 0.717) is 17.2 Å². The molecule has 0 radical (unpaired) electrons. The van der Waals surface area contributed by atoms with Gasteiger partial charge < -0.3 is 14.8 Å². The van der Waals surface area contributed by atoms with Crippen molar-refractivity contribution in [2.24, 2.45) is 0 Å². The number of ether oxygens (including phenoxy) is 2. The van der Waals surface area contributed by atoms with Crippen molar-refractivity contribution in [3.63, 3.8) is 0 Å². The summed E-state index contributed by atoms with van der Waals surface area (Å²) in [6.07, 6.45) is -0.368. The number of carbonyl (C=O) groups is 1. The number of benzene rings is 3. The second-order valence-electron chi connectivity index (χ2n) is 7.33. The normalized spacial score (nSPS) is 15.1. The molecular weight excluding hydrogens is 452 g/mol. The van der Waals surface area contributed by atoms with E-state index in [2.05, 4.69) is 10.0 Å². The van der Waals surface area contributed by atoms with Crippen LogP contribution in [-0.4, -0.2) is 33.6 Å². The van der Waals surface area contributed by atoms with Crippen molar-refractivity contribution in [2.75, 3.05) is 17.9 Å². The molecule has 7 nitrogen and oxygen atoms in total. The molecule has 32 heavy (non-hydrogen) atoms. The van der Waals surface area contributed by atoms with Crippen molar-refractivity contribution < 1.29 is 22.7 Å². The number of hydrogen-bond acceptors (Lipinski definition) is 5. The third kappa shape index (κ3) is 4.98. The lowest BCUT2D eigenvalue weighted by molar-refractivity contribution is 0.0789. The average Bonchev–Trinajstić information content (AvgIpc) is 2.77. The number of hydrogen-bond donors (Lipinski definition) is 2. The van der Waals surface area contributed by atoms with Gasteiger partial charge in [-0.3, -0.25) is 9.52 Å². The minimum absolute atomic E-state index is 0.0160. The molecule has 1 atom stereocenters. The molecule has 0 spiro atoms. The Labute approximate surface area is 191 Å². The van der Waals surface area contributed by atoms with Crippen LogP contribution < -0.4 is 19.5 Å². The van der Waals surface area contributed by atoms with E-state index in [1.165, 1.54) is 18.2 Å². The summed E-state index contributed by atoms with van der Waals surface area (Å²) in [6.45, 7) is 2.34. The largest absolute Gasteiger partial charge is 0.486 e. The monoisotopic (exact) mass is 472 g/mol. The molecule has 0 unspecified atom stereocenters. The molecule has 0 fully saturated rings. The van der Waals surface area contributed by atoms with Crippen LogP contribution in [0.15, 0.2) is 71.6 Å². The van der Waals surface area contributed by atoms with Crippen LogP contribution >= 0.6 is 11.6 Å². The van der Waals surface area contributed by atoms with E-state index < -0.39 is 15.9 Å². The molecule has 0 aromatic heterocycles. The summed E-state index contributed by atoms with van der Waals surface area (Å²) >= 11 is 6.14. The first-order chi connectivity index (χ1) is 15.3. The quantitative estimate of drug-likeness (QED) is 0.565. The second-order valence-corrected chi connectivity index (χ2v) is 9.39. The van der Waals surface area contributed by atoms with Crippen LogP contribution in [0.1, 0.15) is 15.9 Å². The lowest BCUT2D eigenvalue weighted by Crippen LogP contribution is -2.40. The van der Waals surface area contributed by atoms with Crippen LogP contribution in [0.2, 0.25) is 5.02 Å². The van der Waals surface area contributed by atoms with Crippen molar-refractivity contribution >= 4 is 33.2 Å². The van der Waals surface area contributed by atoms with E-state index in [-0.39, 0.29) is 34.7 Å². The minimum Gasteiger partial charge on any atom is -0.486 e. The van der Waals surface area contributed by atoms with Gasteiger partial charge in [0.25, 0.3) is 15.9 Å². The molecule has 1 aliphatic heterocycles. The number of para-hydroxylation sites is 2. The molecule has 9 heteroatoms. The summed E-state index contributed by atoms with van der Waals surface area (Å²) in [5.74, 6) is 0.819. The summed E-state index contributed by atoms with van der Waals surface area (Å²) in [4.78, 5) is 12.5. The molecule has 3 aromatic rings. The van der Waals surface area contributed by atoms with Gasteiger partial charge in [-0.15, -0.1) is 0 Å². The van der Waals surface area contributed by atoms with Crippen LogP contribution in [0.25, 0.3) is 0 Å². The van der Waals surface area contributed by atoms with Gasteiger partial charge in [0.2, 0.25) is 0 Å². The smallest absolute Gasteiger partial charge is 0.263 e. The molecule has 166 valence electrons. The zero-order chi connectivity index (χ0) is 22.7. The maximum atomic E-state index is 12.9. The fraction of sp³-hybridized carbons (Fsp3) is 0.174. The van der Waals surface area contributed by atoms with Gasteiger partial charge in [-0.2, -0.15) is 0 Å². The number of amides is 1. The molecule has 0 bridgehead atoms. The first-order valence-corrected chi connectivity index (χ1v) is 11.7. The van der Waals surface area contributed by atoms with Crippen LogP contribution in [0.4, 0.5) is 5.69 Å². The Hall–Kier alpha value is -3.23. The van der Waals surface area contributed by atoms with Gasteiger partial charge in [-0.1, -0.05) is 35.9 Å². The second kappa shape index (κ2) is 9.10. The predicted octanol–water partition coefficient (Wildman–Crippen LogP) is 4.02. The zero-order valence-corrected chi connectivity index (χ0v) is 18.7. The highest BCUT2D eigenvalue weighted by molar-refractivity contribution is 7.92. The number of rotatable bonds is 6. The van der Waals surface area contributed by atoms with Crippen molar-refractivity contribution in [1.29, 1.82) is 0 Å². The van der Waals surface area contributed by atoms with Gasteiger partial charge in [-0.05, 0) is 55.0 Å². The summed E-state index contributed by atoms with van der Waals surface area (Å²) in [7, 11) is -3.99. The molecule has 0 saturated carbocycles. The van der Waals surface area contributed by atoms with Crippen LogP contribution in [0.3, 0.4) is 0 Å². The molecule has 1 heterocycles. The highest BCUT2D eigenvalue weighted by Gasteiger charge is 2.23. The Morgan fingerprint density at radius 3 is 2.62 bits per heavy atom. The number of sulfonamides is 1. The molecular formula is C23H21ClN2O5S. The highest BCUT2D eigenvalue weighted by atomic mass is 35.5. The van der Waals surface area contributed by atoms with Gasteiger partial charge >= 0.3 is 0 Å². The van der Waals surface area contributed by atoms with Gasteiger partial charge in [0.1, 0.15) is 17.6 Å². The molecule has 3 aromatic carbocycles. The van der Waals surface area contributed by atoms with Gasteiger partial charge in [-0.25, -0.2) is 8.42 Å². The van der Waals surface area contributed by atoms with E-state index in [4.69, 9.17) is 21.1 Å². The zero-order valence-electron chi connectivity index (χ0n) is 17.2. The summed E-state index contributed by atoms with van der Waals surface area (Å²) in [5, 5.41) is 2.77. The highest BCUT2D eigenvalue weighted by Crippen LogP contribution is 2.30. The number of anilines is 1. The fourth-order valence-corrected chi connectivity index (χ4v) is 4.82. The summed E-state index contributed by atoms with van der Waals surface area (Å²) in [6, 6.07) is 18.3. The number of aryl methyl sites for hydroxylation is 1. The van der Waals surface area contributed by atoms with Crippen molar-refractivity contribution in [3.05, 3.63) is 82.9 Å². The Kier molecular flexibility index (Phi) is 6.25. The molecule has 2 N–H and O–H groups in total. The lowest BCUT2D eigenvalue weighted by Gasteiger charge is -2.26. The van der Waals surface area contributed by atoms with E-state index in [0.717, 1.165) is 5.56 Å². The Morgan fingerprint density at radius 2 is 1.84 bits per heavy atom. The van der Waals surface area contributed by atoms with Crippen molar-refractivity contribution in [3.8, 4) is 11.5 Å². The SMILES string of the molecule is Cc1cccc(NS(=O)(=O)c2cc(C(=O)NC[C@@H]3COc4ccccc4O3)ccc2Cl)c1. The predicted molar refractivity (Wildman–Crippen MR) is 122 cm³/mol. The van der Waals surface area contributed by atoms with E-state index in [1.807, 2.05) is 31.2 Å². The number of carbonyl (C=O) groups excluding carboxylic acids is 1. The number of fused-ring (bicyclic) bond motifs is 1. The first-order valence-electron chi connectivity index (χ1n) is 9.87. The van der Waals surface area contributed by atoms with Crippen molar-refractivity contribution in [1.82, 2.24) is 5.32 Å². The maximum Gasteiger partial charge on any atom is 0.263 e. The molecule has 1 aliphatic rings. The van der Waals surface area contributed by atoms with Gasteiger partial charge in [0, 0.05) is 11.3 Å². The molecule has 0 aliphatic carbocycles. The third-order valence-electron chi connectivity index (χ3n) is 4.81. The molecule has 1 amide bonds. The van der Waals surface area contributed by atoms with E-state index in [1.54, 1.807) is 24.3 Å². The summed E-state index contributed by atoms with van der Waals surface area (Å²) < 4.78 is 39.7. The third-order valence-corrected chi connectivity index (χ3v) is 6.67. The average molecular weight is 473 g/mol.